The van der Waals surface area contributed by atoms with Crippen LogP contribution in [0, 0.1) is 18.8 Å². The zero-order chi connectivity index (χ0) is 13.8. The molecular formula is C14H24N4O. The number of nitrogens with zero attached hydrogens (tertiary/aromatic N) is 3. The highest BCUT2D eigenvalue weighted by molar-refractivity contribution is 5.76. The zero-order valence-electron chi connectivity index (χ0n) is 12.1. The quantitative estimate of drug-likeness (QED) is 0.904. The summed E-state index contributed by atoms with van der Waals surface area (Å²) in [5, 5.41) is 7.07. The molecule has 0 spiro atoms. The first kappa shape index (κ1) is 14.0. The van der Waals surface area contributed by atoms with Crippen LogP contribution in [0.1, 0.15) is 44.8 Å². The van der Waals surface area contributed by atoms with Crippen LogP contribution in [0.5, 0.6) is 0 Å². The van der Waals surface area contributed by atoms with Crippen LogP contribution >= 0.6 is 0 Å². The Balaban J connectivity index is 1.77. The van der Waals surface area contributed by atoms with Crippen LogP contribution in [-0.4, -0.2) is 39.1 Å². The van der Waals surface area contributed by atoms with Crippen molar-refractivity contribution in [3.63, 3.8) is 0 Å². The highest BCUT2D eigenvalue weighted by Gasteiger charge is 2.24. The maximum atomic E-state index is 12.0. The van der Waals surface area contributed by atoms with Gasteiger partial charge in [-0.3, -0.25) is 9.89 Å². The van der Waals surface area contributed by atoms with Gasteiger partial charge >= 0.3 is 0 Å². The van der Waals surface area contributed by atoms with Crippen molar-refractivity contribution in [2.45, 2.75) is 46.5 Å². The van der Waals surface area contributed by atoms with Crippen LogP contribution in [0.4, 0.5) is 0 Å². The number of hydrogen-bond donors (Lipinski definition) is 1. The number of hydrogen-bond acceptors (Lipinski definition) is 3. The molecule has 2 rings (SSSR count). The lowest BCUT2D eigenvalue weighted by Gasteiger charge is -2.32. The van der Waals surface area contributed by atoms with E-state index in [1.807, 2.05) is 11.8 Å². The van der Waals surface area contributed by atoms with Gasteiger partial charge in [-0.1, -0.05) is 13.8 Å². The molecule has 0 bridgehead atoms. The van der Waals surface area contributed by atoms with Crippen LogP contribution in [0.15, 0.2) is 0 Å². The van der Waals surface area contributed by atoms with Gasteiger partial charge in [-0.25, -0.2) is 4.98 Å². The van der Waals surface area contributed by atoms with Crippen LogP contribution in [0.3, 0.4) is 0 Å². The second kappa shape index (κ2) is 6.17. The molecule has 5 nitrogen and oxygen atoms in total. The van der Waals surface area contributed by atoms with Gasteiger partial charge < -0.3 is 4.90 Å². The van der Waals surface area contributed by atoms with Crippen LogP contribution in [-0.2, 0) is 11.2 Å². The monoisotopic (exact) mass is 264 g/mol. The van der Waals surface area contributed by atoms with Gasteiger partial charge in [0.2, 0.25) is 5.91 Å². The minimum absolute atomic E-state index is 0.308. The maximum absolute atomic E-state index is 12.0. The van der Waals surface area contributed by atoms with Gasteiger partial charge in [0.15, 0.2) is 5.82 Å². The van der Waals surface area contributed by atoms with Crippen molar-refractivity contribution in [2.75, 3.05) is 13.1 Å². The summed E-state index contributed by atoms with van der Waals surface area (Å²) in [7, 11) is 0. The fourth-order valence-corrected chi connectivity index (χ4v) is 2.60. The number of H-pyrrole nitrogens is 1. The third-order valence-corrected chi connectivity index (χ3v) is 3.66. The minimum Gasteiger partial charge on any atom is -0.343 e. The summed E-state index contributed by atoms with van der Waals surface area (Å²) in [4.78, 5) is 18.3. The zero-order valence-corrected chi connectivity index (χ0v) is 12.1. The van der Waals surface area contributed by atoms with Crippen molar-refractivity contribution in [1.82, 2.24) is 20.1 Å². The summed E-state index contributed by atoms with van der Waals surface area (Å²) < 4.78 is 0. The standard InChI is InChI=1S/C14H24N4O/c1-10(2)8-14(19)18-6-4-12(5-7-18)9-13-15-11(3)16-17-13/h10,12H,4-9H2,1-3H3,(H,15,16,17). The van der Waals surface area contributed by atoms with E-state index >= 15 is 0 Å². The second-order valence-corrected chi connectivity index (χ2v) is 5.96. The first-order chi connectivity index (χ1) is 9.04. The van der Waals surface area contributed by atoms with E-state index in [2.05, 4.69) is 29.0 Å². The molecule has 1 fully saturated rings. The number of aromatic amines is 1. The Morgan fingerprint density at radius 1 is 1.42 bits per heavy atom. The average molecular weight is 264 g/mol. The van der Waals surface area contributed by atoms with Crippen LogP contribution in [0.2, 0.25) is 0 Å². The highest BCUT2D eigenvalue weighted by Crippen LogP contribution is 2.21. The van der Waals surface area contributed by atoms with E-state index < -0.39 is 0 Å². The number of likely N-dealkylation sites (tertiary alicyclic amines) is 1. The number of aryl methyl sites for hydroxylation is 1. The molecule has 0 atom stereocenters. The number of rotatable bonds is 4. The molecule has 1 aromatic rings. The number of aromatic nitrogens is 3. The lowest BCUT2D eigenvalue weighted by atomic mass is 9.93. The van der Waals surface area contributed by atoms with E-state index in [1.165, 1.54) is 0 Å². The summed E-state index contributed by atoms with van der Waals surface area (Å²) in [5.74, 6) is 3.14. The van der Waals surface area contributed by atoms with E-state index in [0.29, 0.717) is 24.2 Å². The average Bonchev–Trinajstić information content (AvgIpc) is 2.75. The van der Waals surface area contributed by atoms with Gasteiger partial charge in [-0.15, -0.1) is 0 Å². The van der Waals surface area contributed by atoms with Crippen LogP contribution in [0.25, 0.3) is 0 Å². The molecule has 1 aromatic heterocycles. The Kier molecular flexibility index (Phi) is 4.56. The van der Waals surface area contributed by atoms with Gasteiger partial charge in [0.1, 0.15) is 5.82 Å². The fraction of sp³-hybridized carbons (Fsp3) is 0.786. The SMILES string of the molecule is Cc1nc(CC2CCN(C(=O)CC(C)C)CC2)n[nH]1. The van der Waals surface area contributed by atoms with Gasteiger partial charge in [-0.2, -0.15) is 5.10 Å². The molecular weight excluding hydrogens is 240 g/mol. The number of amides is 1. The fourth-order valence-electron chi connectivity index (χ4n) is 2.60. The predicted molar refractivity (Wildman–Crippen MR) is 73.6 cm³/mol. The number of carbonyl (C=O) groups is 1. The molecule has 106 valence electrons. The minimum atomic E-state index is 0.308. The van der Waals surface area contributed by atoms with Crippen molar-refractivity contribution in [2.24, 2.45) is 11.8 Å². The Labute approximate surface area is 114 Å². The van der Waals surface area contributed by atoms with E-state index in [0.717, 1.165) is 44.0 Å². The van der Waals surface area contributed by atoms with E-state index in [-0.39, 0.29) is 0 Å². The Morgan fingerprint density at radius 3 is 2.63 bits per heavy atom. The molecule has 19 heavy (non-hydrogen) atoms. The second-order valence-electron chi connectivity index (χ2n) is 5.96. The molecule has 0 aromatic carbocycles. The summed E-state index contributed by atoms with van der Waals surface area (Å²) in [6.07, 6.45) is 3.73. The number of piperidine rings is 1. The Bertz CT molecular complexity index is 419. The van der Waals surface area contributed by atoms with Gasteiger partial charge in [0.25, 0.3) is 0 Å². The van der Waals surface area contributed by atoms with Crippen molar-refractivity contribution in [3.05, 3.63) is 11.6 Å². The molecule has 1 amide bonds. The summed E-state index contributed by atoms with van der Waals surface area (Å²) in [5.41, 5.74) is 0. The molecule has 0 saturated carbocycles. The summed E-state index contributed by atoms with van der Waals surface area (Å²) in [6.45, 7) is 7.88. The number of nitrogens with one attached hydrogen (secondary N) is 1. The lowest BCUT2D eigenvalue weighted by molar-refractivity contribution is -0.133. The van der Waals surface area contributed by atoms with Crippen molar-refractivity contribution in [1.29, 1.82) is 0 Å². The van der Waals surface area contributed by atoms with Gasteiger partial charge in [0.05, 0.1) is 0 Å². The molecule has 0 radical (unpaired) electrons. The molecule has 0 aliphatic carbocycles. The Hall–Kier alpha value is -1.39. The van der Waals surface area contributed by atoms with Gasteiger partial charge in [-0.05, 0) is 31.6 Å². The van der Waals surface area contributed by atoms with Crippen molar-refractivity contribution >= 4 is 5.91 Å². The molecule has 1 N–H and O–H groups in total. The third-order valence-electron chi connectivity index (χ3n) is 3.66. The summed E-state index contributed by atoms with van der Waals surface area (Å²) >= 11 is 0. The van der Waals surface area contributed by atoms with E-state index in [4.69, 9.17) is 0 Å². The molecule has 1 aliphatic heterocycles. The highest BCUT2D eigenvalue weighted by atomic mass is 16.2. The first-order valence-corrected chi connectivity index (χ1v) is 7.20. The normalized spacial score (nSPS) is 17.2. The predicted octanol–water partition coefficient (Wildman–Crippen LogP) is 1.94. The first-order valence-electron chi connectivity index (χ1n) is 7.20. The van der Waals surface area contributed by atoms with Crippen molar-refractivity contribution in [3.8, 4) is 0 Å². The molecule has 1 saturated heterocycles. The molecule has 5 heteroatoms. The smallest absolute Gasteiger partial charge is 0.222 e. The third kappa shape index (κ3) is 4.04. The number of carbonyl (C=O) groups excluding carboxylic acids is 1. The lowest BCUT2D eigenvalue weighted by Crippen LogP contribution is -2.39. The van der Waals surface area contributed by atoms with Gasteiger partial charge in [0, 0.05) is 25.9 Å². The molecule has 1 aliphatic rings. The molecule has 0 unspecified atom stereocenters. The summed E-state index contributed by atoms with van der Waals surface area (Å²) in [6, 6.07) is 0. The molecule has 2 heterocycles. The maximum Gasteiger partial charge on any atom is 0.222 e. The van der Waals surface area contributed by atoms with E-state index in [1.54, 1.807) is 0 Å². The van der Waals surface area contributed by atoms with Crippen LogP contribution < -0.4 is 0 Å². The largest absolute Gasteiger partial charge is 0.343 e. The van der Waals surface area contributed by atoms with E-state index in [9.17, 15) is 4.79 Å². The Morgan fingerprint density at radius 2 is 2.11 bits per heavy atom. The van der Waals surface area contributed by atoms with Crippen molar-refractivity contribution < 1.29 is 4.79 Å². The topological polar surface area (TPSA) is 61.9 Å².